The van der Waals surface area contributed by atoms with Crippen molar-refractivity contribution in [2.24, 2.45) is 0 Å². The molecule has 0 saturated carbocycles. The predicted octanol–water partition coefficient (Wildman–Crippen LogP) is 7.65. The SMILES string of the molecule is N#Cc1nc(-n2c3ccc4ccccc4c3c3ccc4ccccc4c32)nc2oc3ccccc3c12. The number of fused-ring (bicyclic) bond motifs is 10. The molecule has 0 saturated heterocycles. The van der Waals surface area contributed by atoms with Crippen molar-refractivity contribution in [2.75, 3.05) is 0 Å². The Morgan fingerprint density at radius 3 is 2.17 bits per heavy atom. The van der Waals surface area contributed by atoms with Crippen molar-refractivity contribution >= 4 is 65.4 Å². The van der Waals surface area contributed by atoms with Crippen LogP contribution in [0.5, 0.6) is 0 Å². The van der Waals surface area contributed by atoms with Crippen LogP contribution in [0.25, 0.3) is 71.4 Å². The number of hydrogen-bond acceptors (Lipinski definition) is 4. The van der Waals surface area contributed by atoms with Gasteiger partial charge in [0.05, 0.1) is 16.4 Å². The molecule has 5 nitrogen and oxygen atoms in total. The molecule has 0 unspecified atom stereocenters. The molecule has 0 amide bonds. The number of benzene rings is 5. The van der Waals surface area contributed by atoms with Gasteiger partial charge in [0.15, 0.2) is 5.69 Å². The molecule has 166 valence electrons. The van der Waals surface area contributed by atoms with E-state index >= 15 is 0 Å². The molecule has 5 heteroatoms. The lowest BCUT2D eigenvalue weighted by molar-refractivity contribution is 0.651. The molecule has 8 aromatic rings. The summed E-state index contributed by atoms with van der Waals surface area (Å²) < 4.78 is 8.18. The molecule has 0 spiro atoms. The van der Waals surface area contributed by atoms with Gasteiger partial charge in [-0.05, 0) is 28.3 Å². The fraction of sp³-hybridized carbons (Fsp3) is 0. The Morgan fingerprint density at radius 2 is 1.33 bits per heavy atom. The minimum atomic E-state index is 0.302. The first-order chi connectivity index (χ1) is 17.8. The largest absolute Gasteiger partial charge is 0.437 e. The Balaban J connectivity index is 1.61. The van der Waals surface area contributed by atoms with E-state index in [1.165, 1.54) is 10.8 Å². The van der Waals surface area contributed by atoms with Crippen molar-refractivity contribution < 1.29 is 4.42 Å². The molecule has 36 heavy (non-hydrogen) atoms. The van der Waals surface area contributed by atoms with E-state index in [0.29, 0.717) is 28.3 Å². The number of aromatic nitrogens is 3. The lowest BCUT2D eigenvalue weighted by Crippen LogP contribution is -2.03. The Hall–Kier alpha value is -5.21. The van der Waals surface area contributed by atoms with Crippen molar-refractivity contribution in [1.82, 2.24) is 14.5 Å². The topological polar surface area (TPSA) is 67.6 Å². The van der Waals surface area contributed by atoms with E-state index in [1.54, 1.807) is 0 Å². The van der Waals surface area contributed by atoms with Crippen LogP contribution in [0.4, 0.5) is 0 Å². The van der Waals surface area contributed by atoms with E-state index < -0.39 is 0 Å². The van der Waals surface area contributed by atoms with Crippen LogP contribution in [0.1, 0.15) is 5.69 Å². The van der Waals surface area contributed by atoms with Crippen LogP contribution in [-0.4, -0.2) is 14.5 Å². The van der Waals surface area contributed by atoms with Crippen molar-refractivity contribution in [3.8, 4) is 12.0 Å². The van der Waals surface area contributed by atoms with Crippen molar-refractivity contribution in [1.29, 1.82) is 5.26 Å². The van der Waals surface area contributed by atoms with Gasteiger partial charge in [-0.25, -0.2) is 4.98 Å². The zero-order valence-electron chi connectivity index (χ0n) is 18.9. The van der Waals surface area contributed by atoms with E-state index in [0.717, 1.165) is 38.0 Å². The standard InChI is InChI=1S/C31H16N4O/c32-17-24-28-22-11-5-6-12-26(22)36-30(28)34-31(33-24)35-25-16-14-18-7-1-3-9-20(18)27(25)23-15-13-19-8-2-4-10-21(19)29(23)35/h1-16H. The summed E-state index contributed by atoms with van der Waals surface area (Å²) in [7, 11) is 0. The normalized spacial score (nSPS) is 11.9. The molecular formula is C31H16N4O. The molecule has 8 rings (SSSR count). The lowest BCUT2D eigenvalue weighted by atomic mass is 10.0. The smallest absolute Gasteiger partial charge is 0.239 e. The van der Waals surface area contributed by atoms with Crippen molar-refractivity contribution in [3.05, 3.63) is 103 Å². The highest BCUT2D eigenvalue weighted by molar-refractivity contribution is 6.25. The third kappa shape index (κ3) is 2.42. The Bertz CT molecular complexity index is 2230. The van der Waals surface area contributed by atoms with E-state index in [9.17, 15) is 5.26 Å². The first-order valence-electron chi connectivity index (χ1n) is 11.8. The predicted molar refractivity (Wildman–Crippen MR) is 143 cm³/mol. The summed E-state index contributed by atoms with van der Waals surface area (Å²) in [6.45, 7) is 0. The number of para-hydroxylation sites is 1. The first kappa shape index (κ1) is 19.1. The maximum Gasteiger partial charge on any atom is 0.239 e. The van der Waals surface area contributed by atoms with Crippen LogP contribution in [-0.2, 0) is 0 Å². The summed E-state index contributed by atoms with van der Waals surface area (Å²) in [6, 6.07) is 35.3. The van der Waals surface area contributed by atoms with Crippen LogP contribution in [0, 0.1) is 11.3 Å². The van der Waals surface area contributed by atoms with Gasteiger partial charge in [0.2, 0.25) is 11.7 Å². The number of nitrogens with zero attached hydrogens (tertiary/aromatic N) is 4. The molecule has 0 aliphatic rings. The summed E-state index contributed by atoms with van der Waals surface area (Å²) in [5, 5.41) is 18.4. The van der Waals surface area contributed by atoms with Crippen molar-refractivity contribution in [2.45, 2.75) is 0 Å². The second kappa shape index (κ2) is 6.91. The quantitative estimate of drug-likeness (QED) is 0.252. The number of rotatable bonds is 1. The second-order valence-corrected chi connectivity index (χ2v) is 8.96. The summed E-state index contributed by atoms with van der Waals surface area (Å²) in [5.41, 5.74) is 3.40. The van der Waals surface area contributed by atoms with Gasteiger partial charge in [-0.2, -0.15) is 10.2 Å². The van der Waals surface area contributed by atoms with Crippen LogP contribution < -0.4 is 0 Å². The molecular weight excluding hydrogens is 444 g/mol. The maximum absolute atomic E-state index is 10.1. The fourth-order valence-corrected chi connectivity index (χ4v) is 5.55. The molecule has 0 radical (unpaired) electrons. The Labute approximate surface area is 204 Å². The number of hydrogen-bond donors (Lipinski definition) is 0. The highest BCUT2D eigenvalue weighted by Crippen LogP contribution is 2.40. The third-order valence-corrected chi connectivity index (χ3v) is 7.07. The fourth-order valence-electron chi connectivity index (χ4n) is 5.55. The highest BCUT2D eigenvalue weighted by Gasteiger charge is 2.21. The van der Waals surface area contributed by atoms with Crippen LogP contribution in [0.2, 0.25) is 0 Å². The molecule has 0 N–H and O–H groups in total. The van der Waals surface area contributed by atoms with E-state index in [2.05, 4.69) is 71.3 Å². The van der Waals surface area contributed by atoms with Gasteiger partial charge in [-0.3, -0.25) is 4.57 Å². The van der Waals surface area contributed by atoms with Gasteiger partial charge in [0.1, 0.15) is 11.7 Å². The molecule has 0 bridgehead atoms. The maximum atomic E-state index is 10.1. The average molecular weight is 460 g/mol. The van der Waals surface area contributed by atoms with Crippen LogP contribution in [0.3, 0.4) is 0 Å². The first-order valence-corrected chi connectivity index (χ1v) is 11.8. The van der Waals surface area contributed by atoms with Gasteiger partial charge >= 0.3 is 0 Å². The molecule has 5 aromatic carbocycles. The van der Waals surface area contributed by atoms with Gasteiger partial charge in [-0.1, -0.05) is 84.9 Å². The Kier molecular flexibility index (Phi) is 3.67. The molecule has 0 atom stereocenters. The van der Waals surface area contributed by atoms with Gasteiger partial charge in [-0.15, -0.1) is 0 Å². The van der Waals surface area contributed by atoms with E-state index in [-0.39, 0.29) is 0 Å². The lowest BCUT2D eigenvalue weighted by Gasteiger charge is -2.08. The average Bonchev–Trinajstić information content (AvgIpc) is 3.48. The van der Waals surface area contributed by atoms with Gasteiger partial charge in [0.25, 0.3) is 0 Å². The van der Waals surface area contributed by atoms with Crippen LogP contribution >= 0.6 is 0 Å². The zero-order chi connectivity index (χ0) is 23.8. The van der Waals surface area contributed by atoms with E-state index in [4.69, 9.17) is 14.4 Å². The van der Waals surface area contributed by atoms with Gasteiger partial charge in [0, 0.05) is 21.5 Å². The monoisotopic (exact) mass is 460 g/mol. The Morgan fingerprint density at radius 1 is 0.639 bits per heavy atom. The second-order valence-electron chi connectivity index (χ2n) is 8.96. The zero-order valence-corrected chi connectivity index (χ0v) is 18.9. The highest BCUT2D eigenvalue weighted by atomic mass is 16.3. The number of nitriles is 1. The minimum Gasteiger partial charge on any atom is -0.437 e. The van der Waals surface area contributed by atoms with Crippen molar-refractivity contribution in [3.63, 3.8) is 0 Å². The minimum absolute atomic E-state index is 0.302. The summed E-state index contributed by atoms with van der Waals surface area (Å²) in [4.78, 5) is 9.69. The molecule has 3 heterocycles. The summed E-state index contributed by atoms with van der Waals surface area (Å²) in [6.07, 6.45) is 0. The van der Waals surface area contributed by atoms with E-state index in [1.807, 2.05) is 36.4 Å². The van der Waals surface area contributed by atoms with Gasteiger partial charge < -0.3 is 4.42 Å². The molecule has 3 aromatic heterocycles. The summed E-state index contributed by atoms with van der Waals surface area (Å²) in [5.74, 6) is 0.421. The van der Waals surface area contributed by atoms with Crippen LogP contribution in [0.15, 0.2) is 101 Å². The third-order valence-electron chi connectivity index (χ3n) is 7.07. The molecule has 0 aliphatic heterocycles. The molecule has 0 aliphatic carbocycles. The summed E-state index contributed by atoms with van der Waals surface area (Å²) >= 11 is 0. The number of furan rings is 1. The molecule has 0 fully saturated rings.